The molecule has 0 bridgehead atoms. The van der Waals surface area contributed by atoms with Crippen molar-refractivity contribution >= 4 is 16.9 Å². The number of carbonyl (C=O) groups is 1. The minimum absolute atomic E-state index is 0.126. The fourth-order valence-electron chi connectivity index (χ4n) is 3.58. The standard InChI is InChI=1S/C25H33N3O2/c1-3-20-13-15-21(16-14-20)30-19-18-28-23-11-8-7-10-22(23)27-24(28)12-6-5-9-17-26-25(29)4-2/h7-8,10-11,13-16H,3-6,9,12,17-19H2,1-2H3,(H,26,29). The third-order valence-electron chi connectivity index (χ3n) is 5.37. The second kappa shape index (κ2) is 11.4. The molecule has 0 radical (unpaired) electrons. The van der Waals surface area contributed by atoms with E-state index in [4.69, 9.17) is 9.72 Å². The second-order valence-electron chi connectivity index (χ2n) is 7.53. The fraction of sp³-hybridized carbons (Fsp3) is 0.440. The summed E-state index contributed by atoms with van der Waals surface area (Å²) >= 11 is 0. The predicted molar refractivity (Wildman–Crippen MR) is 122 cm³/mol. The normalized spacial score (nSPS) is 11.0. The molecule has 0 saturated carbocycles. The highest BCUT2D eigenvalue weighted by Gasteiger charge is 2.10. The molecule has 0 atom stereocenters. The summed E-state index contributed by atoms with van der Waals surface area (Å²) in [4.78, 5) is 16.2. The number of fused-ring (bicyclic) bond motifs is 1. The zero-order chi connectivity index (χ0) is 21.2. The highest BCUT2D eigenvalue weighted by Crippen LogP contribution is 2.19. The molecular weight excluding hydrogens is 374 g/mol. The Morgan fingerprint density at radius 2 is 1.83 bits per heavy atom. The van der Waals surface area contributed by atoms with Crippen molar-refractivity contribution in [2.45, 2.75) is 58.9 Å². The number of amides is 1. The molecule has 160 valence electrons. The highest BCUT2D eigenvalue weighted by atomic mass is 16.5. The highest BCUT2D eigenvalue weighted by molar-refractivity contribution is 5.76. The lowest BCUT2D eigenvalue weighted by molar-refractivity contribution is -0.120. The number of benzene rings is 2. The maximum absolute atomic E-state index is 11.3. The number of hydrogen-bond donors (Lipinski definition) is 1. The first-order valence-corrected chi connectivity index (χ1v) is 11.1. The van der Waals surface area contributed by atoms with Crippen molar-refractivity contribution in [3.8, 4) is 5.75 Å². The Hall–Kier alpha value is -2.82. The van der Waals surface area contributed by atoms with Crippen molar-refractivity contribution in [3.05, 3.63) is 59.9 Å². The van der Waals surface area contributed by atoms with E-state index in [2.05, 4.69) is 47.1 Å². The molecule has 5 heteroatoms. The van der Waals surface area contributed by atoms with Gasteiger partial charge < -0.3 is 14.6 Å². The summed E-state index contributed by atoms with van der Waals surface area (Å²) < 4.78 is 8.27. The number of ether oxygens (including phenoxy) is 1. The zero-order valence-electron chi connectivity index (χ0n) is 18.2. The monoisotopic (exact) mass is 407 g/mol. The van der Waals surface area contributed by atoms with Crippen LogP contribution in [0.15, 0.2) is 48.5 Å². The molecule has 30 heavy (non-hydrogen) atoms. The molecule has 1 amide bonds. The first-order valence-electron chi connectivity index (χ1n) is 11.1. The van der Waals surface area contributed by atoms with Crippen molar-refractivity contribution in [3.63, 3.8) is 0 Å². The van der Waals surface area contributed by atoms with E-state index >= 15 is 0 Å². The summed E-state index contributed by atoms with van der Waals surface area (Å²) in [7, 11) is 0. The Labute approximate surface area is 179 Å². The summed E-state index contributed by atoms with van der Waals surface area (Å²) in [6.45, 7) is 6.18. The smallest absolute Gasteiger partial charge is 0.219 e. The van der Waals surface area contributed by atoms with Gasteiger partial charge in [-0.1, -0.05) is 44.5 Å². The maximum Gasteiger partial charge on any atom is 0.219 e. The van der Waals surface area contributed by atoms with Crippen molar-refractivity contribution in [1.29, 1.82) is 0 Å². The van der Waals surface area contributed by atoms with Crippen LogP contribution in [0.1, 0.15) is 50.9 Å². The van der Waals surface area contributed by atoms with E-state index in [0.717, 1.165) is 67.8 Å². The first kappa shape index (κ1) is 21.9. The average Bonchev–Trinajstić information content (AvgIpc) is 3.13. The van der Waals surface area contributed by atoms with Crippen LogP contribution in [0.3, 0.4) is 0 Å². The van der Waals surface area contributed by atoms with Gasteiger partial charge in [-0.15, -0.1) is 0 Å². The van der Waals surface area contributed by atoms with Gasteiger partial charge in [0.1, 0.15) is 18.2 Å². The Bertz CT molecular complexity index is 931. The molecular formula is C25H33N3O2. The molecule has 3 aromatic rings. The molecule has 3 rings (SSSR count). The van der Waals surface area contributed by atoms with Crippen LogP contribution in [0.2, 0.25) is 0 Å². The van der Waals surface area contributed by atoms with Crippen LogP contribution < -0.4 is 10.1 Å². The average molecular weight is 408 g/mol. The van der Waals surface area contributed by atoms with Gasteiger partial charge >= 0.3 is 0 Å². The van der Waals surface area contributed by atoms with Gasteiger partial charge in [-0.25, -0.2) is 4.98 Å². The topological polar surface area (TPSA) is 56.2 Å². The van der Waals surface area contributed by atoms with E-state index in [0.29, 0.717) is 13.0 Å². The molecule has 0 unspecified atom stereocenters. The van der Waals surface area contributed by atoms with Gasteiger partial charge in [0.15, 0.2) is 0 Å². The summed E-state index contributed by atoms with van der Waals surface area (Å²) in [5.74, 6) is 2.15. The van der Waals surface area contributed by atoms with E-state index in [1.807, 2.05) is 25.1 Å². The zero-order valence-corrected chi connectivity index (χ0v) is 18.2. The van der Waals surface area contributed by atoms with Gasteiger partial charge in [-0.05, 0) is 49.1 Å². The van der Waals surface area contributed by atoms with Crippen LogP contribution in [-0.2, 0) is 24.2 Å². The number of nitrogens with one attached hydrogen (secondary N) is 1. The molecule has 1 aromatic heterocycles. The number of rotatable bonds is 12. The lowest BCUT2D eigenvalue weighted by atomic mass is 10.2. The summed E-state index contributed by atoms with van der Waals surface area (Å²) in [5.41, 5.74) is 3.52. The van der Waals surface area contributed by atoms with Gasteiger partial charge in [-0.3, -0.25) is 4.79 Å². The van der Waals surface area contributed by atoms with Crippen LogP contribution in [0, 0.1) is 0 Å². The van der Waals surface area contributed by atoms with Crippen LogP contribution in [-0.4, -0.2) is 28.6 Å². The second-order valence-corrected chi connectivity index (χ2v) is 7.53. The third-order valence-corrected chi connectivity index (χ3v) is 5.37. The first-order chi connectivity index (χ1) is 14.7. The number of carbonyl (C=O) groups excluding carboxylic acids is 1. The van der Waals surface area contributed by atoms with Gasteiger partial charge in [-0.2, -0.15) is 0 Å². The fourth-order valence-corrected chi connectivity index (χ4v) is 3.58. The van der Waals surface area contributed by atoms with E-state index in [-0.39, 0.29) is 5.91 Å². The van der Waals surface area contributed by atoms with Gasteiger partial charge in [0.25, 0.3) is 0 Å². The number of para-hydroxylation sites is 2. The molecule has 0 aliphatic heterocycles. The molecule has 2 aromatic carbocycles. The molecule has 0 fully saturated rings. The number of imidazole rings is 1. The van der Waals surface area contributed by atoms with E-state index < -0.39 is 0 Å². The molecule has 0 saturated heterocycles. The summed E-state index contributed by atoms with van der Waals surface area (Å²) in [6, 6.07) is 16.6. The van der Waals surface area contributed by atoms with Crippen molar-refractivity contribution in [2.24, 2.45) is 0 Å². The third kappa shape index (κ3) is 6.09. The molecule has 1 heterocycles. The Morgan fingerprint density at radius 1 is 1.03 bits per heavy atom. The number of aryl methyl sites for hydroxylation is 2. The van der Waals surface area contributed by atoms with Crippen LogP contribution in [0.4, 0.5) is 0 Å². The van der Waals surface area contributed by atoms with Crippen LogP contribution in [0.25, 0.3) is 11.0 Å². The number of unbranched alkanes of at least 4 members (excludes halogenated alkanes) is 2. The van der Waals surface area contributed by atoms with Crippen molar-refractivity contribution in [1.82, 2.24) is 14.9 Å². The molecule has 1 N–H and O–H groups in total. The SMILES string of the molecule is CCC(=O)NCCCCCc1nc2ccccc2n1CCOc1ccc(CC)cc1. The molecule has 5 nitrogen and oxygen atoms in total. The van der Waals surface area contributed by atoms with Crippen molar-refractivity contribution < 1.29 is 9.53 Å². The van der Waals surface area contributed by atoms with Gasteiger partial charge in [0.2, 0.25) is 5.91 Å². The van der Waals surface area contributed by atoms with E-state index in [9.17, 15) is 4.79 Å². The number of hydrogen-bond acceptors (Lipinski definition) is 3. The minimum atomic E-state index is 0.126. The summed E-state index contributed by atoms with van der Waals surface area (Å²) in [6.07, 6.45) is 5.66. The van der Waals surface area contributed by atoms with Crippen molar-refractivity contribution in [2.75, 3.05) is 13.2 Å². The maximum atomic E-state index is 11.3. The Balaban J connectivity index is 1.55. The minimum Gasteiger partial charge on any atom is -0.492 e. The predicted octanol–water partition coefficient (Wildman–Crippen LogP) is 4.92. The Kier molecular flexibility index (Phi) is 8.30. The molecule has 0 spiro atoms. The van der Waals surface area contributed by atoms with E-state index in [1.54, 1.807) is 0 Å². The van der Waals surface area contributed by atoms with Gasteiger partial charge in [0, 0.05) is 19.4 Å². The summed E-state index contributed by atoms with van der Waals surface area (Å²) in [5, 5.41) is 2.94. The lowest BCUT2D eigenvalue weighted by Crippen LogP contribution is -2.23. The largest absolute Gasteiger partial charge is 0.492 e. The molecule has 0 aliphatic carbocycles. The quantitative estimate of drug-likeness (QED) is 0.434. The lowest BCUT2D eigenvalue weighted by Gasteiger charge is -2.11. The van der Waals surface area contributed by atoms with E-state index in [1.165, 1.54) is 5.56 Å². The van der Waals surface area contributed by atoms with Crippen LogP contribution in [0.5, 0.6) is 5.75 Å². The van der Waals surface area contributed by atoms with Crippen LogP contribution >= 0.6 is 0 Å². The van der Waals surface area contributed by atoms with Gasteiger partial charge in [0.05, 0.1) is 17.6 Å². The number of aromatic nitrogens is 2. The Morgan fingerprint density at radius 3 is 2.60 bits per heavy atom. The number of nitrogens with zero attached hydrogens (tertiary/aromatic N) is 2. The molecule has 0 aliphatic rings.